The van der Waals surface area contributed by atoms with Crippen LogP contribution in [0.5, 0.6) is 11.5 Å². The third-order valence-electron chi connectivity index (χ3n) is 3.94. The predicted octanol–water partition coefficient (Wildman–Crippen LogP) is 1.64. The minimum atomic E-state index is -1.03. The van der Waals surface area contributed by atoms with Gasteiger partial charge in [0, 0.05) is 28.7 Å². The first-order chi connectivity index (χ1) is 9.95. The fourth-order valence-corrected chi connectivity index (χ4v) is 2.74. The second-order valence-electron chi connectivity index (χ2n) is 5.22. The number of methoxy groups -OCH3 is 1. The number of phenolic OH excluding ortho intramolecular Hbond substituents is 1. The van der Waals surface area contributed by atoms with Crippen molar-refractivity contribution < 1.29 is 24.5 Å². The summed E-state index contributed by atoms with van der Waals surface area (Å²) < 4.78 is 5.01. The van der Waals surface area contributed by atoms with Crippen molar-refractivity contribution in [2.24, 2.45) is 5.92 Å². The average Bonchev–Trinajstić information content (AvgIpc) is 2.46. The molecule has 108 valence electrons. The van der Waals surface area contributed by atoms with Crippen molar-refractivity contribution in [2.45, 2.75) is 13.0 Å². The van der Waals surface area contributed by atoms with Crippen LogP contribution in [0.1, 0.15) is 27.6 Å². The molecule has 2 atom stereocenters. The number of ether oxygens (including phenoxy) is 1. The molecular formula is C16H14O5. The number of aliphatic hydroxyl groups is 1. The Morgan fingerprint density at radius 1 is 1.19 bits per heavy atom. The van der Waals surface area contributed by atoms with E-state index in [1.807, 2.05) is 0 Å². The lowest BCUT2D eigenvalue weighted by molar-refractivity contribution is 0.0912. The van der Waals surface area contributed by atoms with E-state index < -0.39 is 17.7 Å². The van der Waals surface area contributed by atoms with Gasteiger partial charge >= 0.3 is 0 Å². The van der Waals surface area contributed by atoms with Gasteiger partial charge in [-0.1, -0.05) is 19.1 Å². The molecule has 0 saturated heterocycles. The van der Waals surface area contributed by atoms with Gasteiger partial charge < -0.3 is 14.9 Å². The van der Waals surface area contributed by atoms with E-state index in [-0.39, 0.29) is 39.7 Å². The van der Waals surface area contributed by atoms with Gasteiger partial charge in [0.15, 0.2) is 11.6 Å². The van der Waals surface area contributed by atoms with Crippen LogP contribution in [0.3, 0.4) is 0 Å². The van der Waals surface area contributed by atoms with E-state index in [0.717, 1.165) is 0 Å². The number of rotatable bonds is 1. The summed E-state index contributed by atoms with van der Waals surface area (Å²) in [5.74, 6) is -1.16. The highest BCUT2D eigenvalue weighted by Gasteiger charge is 2.39. The molecule has 1 aromatic rings. The fraction of sp³-hybridized carbons (Fsp3) is 0.250. The first-order valence-corrected chi connectivity index (χ1v) is 6.56. The van der Waals surface area contributed by atoms with Gasteiger partial charge in [0.25, 0.3) is 0 Å². The SMILES string of the molecule is COc1cc(O)c2c(c1)C(=O)C1=C(C=CC(C)C1O)C2=O. The van der Waals surface area contributed by atoms with Gasteiger partial charge in [0.05, 0.1) is 18.8 Å². The zero-order chi connectivity index (χ0) is 15.3. The molecule has 0 aromatic heterocycles. The van der Waals surface area contributed by atoms with E-state index in [2.05, 4.69) is 0 Å². The molecule has 0 fully saturated rings. The van der Waals surface area contributed by atoms with Gasteiger partial charge in [-0.3, -0.25) is 9.59 Å². The molecule has 3 rings (SSSR count). The van der Waals surface area contributed by atoms with Crippen molar-refractivity contribution >= 4 is 11.6 Å². The first-order valence-electron chi connectivity index (χ1n) is 6.56. The Hall–Kier alpha value is -2.40. The van der Waals surface area contributed by atoms with Crippen LogP contribution >= 0.6 is 0 Å². The minimum absolute atomic E-state index is 0.0362. The molecule has 0 bridgehead atoms. The molecule has 2 N–H and O–H groups in total. The molecule has 2 unspecified atom stereocenters. The van der Waals surface area contributed by atoms with E-state index in [9.17, 15) is 19.8 Å². The predicted molar refractivity (Wildman–Crippen MR) is 74.7 cm³/mol. The monoisotopic (exact) mass is 286 g/mol. The second-order valence-corrected chi connectivity index (χ2v) is 5.22. The number of benzene rings is 1. The highest BCUT2D eigenvalue weighted by Crippen LogP contribution is 2.39. The molecule has 2 aliphatic rings. The lowest BCUT2D eigenvalue weighted by Gasteiger charge is -2.28. The molecule has 0 amide bonds. The molecule has 0 radical (unpaired) electrons. The molecule has 21 heavy (non-hydrogen) atoms. The number of allylic oxidation sites excluding steroid dienone is 2. The van der Waals surface area contributed by atoms with Crippen molar-refractivity contribution in [3.05, 3.63) is 46.6 Å². The maximum absolute atomic E-state index is 12.6. The minimum Gasteiger partial charge on any atom is -0.507 e. The summed E-state index contributed by atoms with van der Waals surface area (Å²) in [4.78, 5) is 25.1. The van der Waals surface area contributed by atoms with Crippen LogP contribution in [0, 0.1) is 5.92 Å². The quantitative estimate of drug-likeness (QED) is 0.820. The summed E-state index contributed by atoms with van der Waals surface area (Å²) in [6, 6.07) is 2.70. The van der Waals surface area contributed by atoms with Crippen LogP contribution in [0.4, 0.5) is 0 Å². The van der Waals surface area contributed by atoms with Crippen LogP contribution < -0.4 is 4.74 Å². The van der Waals surface area contributed by atoms with Gasteiger partial charge in [0.1, 0.15) is 11.5 Å². The van der Waals surface area contributed by atoms with Gasteiger partial charge in [-0.25, -0.2) is 0 Å². The Kier molecular flexibility index (Phi) is 2.95. The molecule has 0 spiro atoms. The topological polar surface area (TPSA) is 83.8 Å². The lowest BCUT2D eigenvalue weighted by Crippen LogP contribution is -2.33. The third kappa shape index (κ3) is 1.81. The number of aliphatic hydroxyl groups excluding tert-OH is 1. The van der Waals surface area contributed by atoms with Gasteiger partial charge in [-0.2, -0.15) is 0 Å². The average molecular weight is 286 g/mol. The van der Waals surface area contributed by atoms with Gasteiger partial charge in [0.2, 0.25) is 0 Å². The smallest absolute Gasteiger partial charge is 0.198 e. The fourth-order valence-electron chi connectivity index (χ4n) is 2.74. The Balaban J connectivity index is 2.26. The van der Waals surface area contributed by atoms with Crippen molar-refractivity contribution in [2.75, 3.05) is 7.11 Å². The second kappa shape index (κ2) is 4.56. The number of carbonyl (C=O) groups excluding carboxylic acids is 2. The first kappa shape index (κ1) is 13.6. The zero-order valence-electron chi connectivity index (χ0n) is 11.6. The molecule has 2 aliphatic carbocycles. The van der Waals surface area contributed by atoms with Crippen molar-refractivity contribution in [1.82, 2.24) is 0 Å². The molecule has 0 saturated carbocycles. The summed E-state index contributed by atoms with van der Waals surface area (Å²) in [7, 11) is 1.40. The van der Waals surface area contributed by atoms with E-state index in [0.29, 0.717) is 0 Å². The van der Waals surface area contributed by atoms with Crippen LogP contribution in [-0.4, -0.2) is 35.0 Å². The Morgan fingerprint density at radius 2 is 1.90 bits per heavy atom. The highest BCUT2D eigenvalue weighted by atomic mass is 16.5. The molecular weight excluding hydrogens is 272 g/mol. The summed E-state index contributed by atoms with van der Waals surface area (Å²) in [6.07, 6.45) is 2.20. The van der Waals surface area contributed by atoms with E-state index in [1.165, 1.54) is 19.2 Å². The largest absolute Gasteiger partial charge is 0.507 e. The maximum Gasteiger partial charge on any atom is 0.198 e. The number of phenols is 1. The Labute approximate surface area is 121 Å². The summed E-state index contributed by atoms with van der Waals surface area (Å²) in [5, 5.41) is 20.2. The number of hydrogen-bond donors (Lipinski definition) is 2. The lowest BCUT2D eigenvalue weighted by atomic mass is 9.76. The van der Waals surface area contributed by atoms with Crippen molar-refractivity contribution in [3.63, 3.8) is 0 Å². The number of fused-ring (bicyclic) bond motifs is 1. The third-order valence-corrected chi connectivity index (χ3v) is 3.94. The number of aromatic hydroxyl groups is 1. The van der Waals surface area contributed by atoms with Crippen LogP contribution in [0.25, 0.3) is 0 Å². The molecule has 0 heterocycles. The molecule has 0 aliphatic heterocycles. The van der Waals surface area contributed by atoms with Gasteiger partial charge in [-0.05, 0) is 6.07 Å². The zero-order valence-corrected chi connectivity index (χ0v) is 11.6. The van der Waals surface area contributed by atoms with Crippen LogP contribution in [0.15, 0.2) is 35.4 Å². The maximum atomic E-state index is 12.6. The summed E-state index contributed by atoms with van der Waals surface area (Å²) in [5.41, 5.74) is 0.275. The highest BCUT2D eigenvalue weighted by molar-refractivity contribution is 6.29. The van der Waals surface area contributed by atoms with Crippen molar-refractivity contribution in [1.29, 1.82) is 0 Å². The van der Waals surface area contributed by atoms with Crippen LogP contribution in [0.2, 0.25) is 0 Å². The Bertz CT molecular complexity index is 726. The summed E-state index contributed by atoms with van der Waals surface area (Å²) >= 11 is 0. The van der Waals surface area contributed by atoms with E-state index >= 15 is 0 Å². The number of Topliss-reactive ketones (excluding diaryl/α,β-unsaturated/α-hetero) is 2. The normalized spacial score (nSPS) is 24.0. The van der Waals surface area contributed by atoms with Crippen LogP contribution in [-0.2, 0) is 0 Å². The Morgan fingerprint density at radius 3 is 2.57 bits per heavy atom. The standard InChI is InChI=1S/C16H14O5/c1-7-3-4-9-13(14(7)18)16(20)10-5-8(21-2)6-11(17)12(10)15(9)19/h3-7,14,17-18H,1-2H3. The number of carbonyl (C=O) groups is 2. The van der Waals surface area contributed by atoms with Gasteiger partial charge in [-0.15, -0.1) is 0 Å². The molecule has 5 heteroatoms. The van der Waals surface area contributed by atoms with Crippen molar-refractivity contribution in [3.8, 4) is 11.5 Å². The number of ketones is 2. The molecule has 1 aromatic carbocycles. The summed E-state index contributed by atoms with van der Waals surface area (Å²) in [6.45, 7) is 1.77. The molecule has 5 nitrogen and oxygen atoms in total. The van der Waals surface area contributed by atoms with E-state index in [1.54, 1.807) is 19.1 Å². The number of hydrogen-bond acceptors (Lipinski definition) is 5. The van der Waals surface area contributed by atoms with E-state index in [4.69, 9.17) is 4.74 Å².